The number of carbonyl (C=O) groups excluding carboxylic acids is 1. The van der Waals surface area contributed by atoms with Crippen molar-refractivity contribution in [1.82, 2.24) is 25.3 Å². The van der Waals surface area contributed by atoms with Crippen molar-refractivity contribution in [1.29, 1.82) is 5.26 Å². The van der Waals surface area contributed by atoms with Gasteiger partial charge in [-0.05, 0) is 38.1 Å². The Balaban J connectivity index is 1.64. The number of aromatic nitrogens is 4. The van der Waals surface area contributed by atoms with Crippen molar-refractivity contribution in [3.05, 3.63) is 58.5 Å². The fraction of sp³-hybridized carbons (Fsp3) is 0.263. The lowest BCUT2D eigenvalue weighted by molar-refractivity contribution is 0.0943. The highest BCUT2D eigenvalue weighted by Crippen LogP contribution is 2.24. The minimum Gasteiger partial charge on any atom is -0.387 e. The summed E-state index contributed by atoms with van der Waals surface area (Å²) in [4.78, 5) is 12.2. The van der Waals surface area contributed by atoms with Crippen molar-refractivity contribution in [3.63, 3.8) is 0 Å². The number of aliphatic hydroxyl groups excluding tert-OH is 1. The molecule has 0 aliphatic carbocycles. The minimum atomic E-state index is -0.741. The monoisotopic (exact) mass is 398 g/mol. The highest BCUT2D eigenvalue weighted by atomic mass is 35.5. The van der Waals surface area contributed by atoms with Crippen LogP contribution in [0.25, 0.3) is 11.3 Å². The normalized spacial score (nSPS) is 13.0. The van der Waals surface area contributed by atoms with Gasteiger partial charge >= 0.3 is 0 Å². The molecule has 0 aliphatic heterocycles. The number of carbonyl (C=O) groups is 1. The fourth-order valence-corrected chi connectivity index (χ4v) is 2.82. The van der Waals surface area contributed by atoms with Gasteiger partial charge in [0, 0.05) is 18.3 Å². The topological polar surface area (TPSA) is 120 Å². The lowest BCUT2D eigenvalue weighted by Crippen LogP contribution is -2.30. The predicted molar refractivity (Wildman–Crippen MR) is 104 cm³/mol. The number of halogens is 1. The van der Waals surface area contributed by atoms with Crippen molar-refractivity contribution in [2.24, 2.45) is 0 Å². The molecule has 0 fully saturated rings. The Morgan fingerprint density at radius 2 is 2.18 bits per heavy atom. The molecule has 144 valence electrons. The maximum absolute atomic E-state index is 12.2. The van der Waals surface area contributed by atoms with Crippen molar-refractivity contribution < 1.29 is 9.90 Å². The van der Waals surface area contributed by atoms with E-state index < -0.39 is 6.10 Å². The van der Waals surface area contributed by atoms with Gasteiger partial charge in [0.2, 0.25) is 0 Å². The Kier molecular flexibility index (Phi) is 5.78. The molecule has 2 unspecified atom stereocenters. The summed E-state index contributed by atoms with van der Waals surface area (Å²) in [5, 5.41) is 32.7. The molecular weight excluding hydrogens is 380 g/mol. The largest absolute Gasteiger partial charge is 0.387 e. The number of H-pyrrole nitrogens is 1. The standard InChI is InChI=1S/C19H19ClN6O2/c1-11(10-22-19(28)18-8-17(12(2)27)23-24-18)26-6-5-16(25-26)13-3-4-14(9-21)15(20)7-13/h3-8,11-12,27H,10H2,1-2H3,(H,22,28)(H,23,24). The molecule has 3 aromatic rings. The number of rotatable bonds is 6. The quantitative estimate of drug-likeness (QED) is 0.589. The maximum Gasteiger partial charge on any atom is 0.269 e. The number of benzene rings is 1. The zero-order valence-corrected chi connectivity index (χ0v) is 16.1. The van der Waals surface area contributed by atoms with Gasteiger partial charge in [-0.1, -0.05) is 17.7 Å². The Bertz CT molecular complexity index is 1030. The molecule has 2 heterocycles. The summed E-state index contributed by atoms with van der Waals surface area (Å²) >= 11 is 6.08. The van der Waals surface area contributed by atoms with Crippen LogP contribution in [-0.2, 0) is 0 Å². The summed E-state index contributed by atoms with van der Waals surface area (Å²) < 4.78 is 1.75. The van der Waals surface area contributed by atoms with Crippen LogP contribution >= 0.6 is 11.6 Å². The van der Waals surface area contributed by atoms with Crippen molar-refractivity contribution >= 4 is 17.5 Å². The van der Waals surface area contributed by atoms with E-state index in [4.69, 9.17) is 16.9 Å². The first-order valence-corrected chi connectivity index (χ1v) is 9.03. The van der Waals surface area contributed by atoms with Crippen LogP contribution < -0.4 is 5.32 Å². The molecule has 28 heavy (non-hydrogen) atoms. The van der Waals surface area contributed by atoms with Gasteiger partial charge in [0.25, 0.3) is 5.91 Å². The van der Waals surface area contributed by atoms with Gasteiger partial charge in [-0.25, -0.2) is 0 Å². The SMILES string of the molecule is CC(O)c1cc(C(=O)NCC(C)n2ccc(-c3ccc(C#N)c(Cl)c3)n2)[nH]n1. The number of nitrogens with zero attached hydrogens (tertiary/aromatic N) is 4. The first kappa shape index (κ1) is 19.6. The van der Waals surface area contributed by atoms with E-state index in [1.807, 2.05) is 25.3 Å². The van der Waals surface area contributed by atoms with Crippen molar-refractivity contribution in [2.75, 3.05) is 6.54 Å². The zero-order chi connectivity index (χ0) is 20.3. The van der Waals surface area contributed by atoms with Gasteiger partial charge in [-0.2, -0.15) is 15.5 Å². The summed E-state index contributed by atoms with van der Waals surface area (Å²) in [7, 11) is 0. The van der Waals surface area contributed by atoms with Gasteiger partial charge < -0.3 is 10.4 Å². The second-order valence-corrected chi connectivity index (χ2v) is 6.84. The molecule has 1 aromatic carbocycles. The smallest absolute Gasteiger partial charge is 0.269 e. The third-order valence-electron chi connectivity index (χ3n) is 4.27. The molecule has 8 nitrogen and oxygen atoms in total. The Morgan fingerprint density at radius 3 is 2.82 bits per heavy atom. The van der Waals surface area contributed by atoms with Crippen LogP contribution in [0.3, 0.4) is 0 Å². The number of amides is 1. The van der Waals surface area contributed by atoms with Gasteiger partial charge in [0.05, 0.1) is 34.1 Å². The second-order valence-electron chi connectivity index (χ2n) is 6.43. The van der Waals surface area contributed by atoms with Crippen molar-refractivity contribution in [2.45, 2.75) is 26.0 Å². The van der Waals surface area contributed by atoms with E-state index in [-0.39, 0.29) is 17.6 Å². The first-order valence-electron chi connectivity index (χ1n) is 8.65. The lowest BCUT2D eigenvalue weighted by Gasteiger charge is -2.13. The minimum absolute atomic E-state index is 0.0919. The summed E-state index contributed by atoms with van der Waals surface area (Å²) in [6, 6.07) is 10.5. The molecule has 2 atom stereocenters. The van der Waals surface area contributed by atoms with Crippen LogP contribution in [0, 0.1) is 11.3 Å². The number of nitrogens with one attached hydrogen (secondary N) is 2. The third-order valence-corrected chi connectivity index (χ3v) is 4.59. The predicted octanol–water partition coefficient (Wildman–Crippen LogP) is 2.84. The number of hydrogen-bond donors (Lipinski definition) is 3. The van der Waals surface area contributed by atoms with Gasteiger partial charge in [0.15, 0.2) is 0 Å². The molecule has 1 amide bonds. The van der Waals surface area contributed by atoms with Crippen LogP contribution in [0.15, 0.2) is 36.5 Å². The van der Waals surface area contributed by atoms with Crippen LogP contribution in [0.1, 0.15) is 47.7 Å². The number of aliphatic hydroxyl groups is 1. The van der Waals surface area contributed by atoms with Gasteiger partial charge in [-0.3, -0.25) is 14.6 Å². The van der Waals surface area contributed by atoms with Crippen molar-refractivity contribution in [3.8, 4) is 17.3 Å². The summed E-state index contributed by atoms with van der Waals surface area (Å²) in [5.74, 6) is -0.308. The van der Waals surface area contributed by atoms with Crippen LogP contribution in [0.5, 0.6) is 0 Å². The maximum atomic E-state index is 12.2. The first-order chi connectivity index (χ1) is 13.4. The van der Waals surface area contributed by atoms with E-state index in [2.05, 4.69) is 20.6 Å². The zero-order valence-electron chi connectivity index (χ0n) is 15.3. The molecule has 0 bridgehead atoms. The fourth-order valence-electron chi connectivity index (χ4n) is 2.60. The van der Waals surface area contributed by atoms with E-state index in [1.54, 1.807) is 29.8 Å². The molecule has 0 spiro atoms. The van der Waals surface area contributed by atoms with Crippen LogP contribution in [0.2, 0.25) is 5.02 Å². The summed E-state index contributed by atoms with van der Waals surface area (Å²) in [5.41, 5.74) is 2.65. The average Bonchev–Trinajstić information content (AvgIpc) is 3.35. The number of aromatic amines is 1. The molecule has 0 aliphatic rings. The molecule has 0 saturated carbocycles. The van der Waals surface area contributed by atoms with Gasteiger partial charge in [0.1, 0.15) is 11.8 Å². The number of hydrogen-bond acceptors (Lipinski definition) is 5. The Labute approximate surface area is 166 Å². The molecule has 9 heteroatoms. The van der Waals surface area contributed by atoms with Gasteiger partial charge in [-0.15, -0.1) is 0 Å². The highest BCUT2D eigenvalue weighted by Gasteiger charge is 2.15. The molecule has 0 radical (unpaired) electrons. The Morgan fingerprint density at radius 1 is 1.39 bits per heavy atom. The summed E-state index contributed by atoms with van der Waals surface area (Å²) in [6.45, 7) is 3.87. The van der Waals surface area contributed by atoms with Crippen LogP contribution in [0.4, 0.5) is 0 Å². The summed E-state index contributed by atoms with van der Waals surface area (Å²) in [6.07, 6.45) is 1.08. The highest BCUT2D eigenvalue weighted by molar-refractivity contribution is 6.32. The van der Waals surface area contributed by atoms with Crippen LogP contribution in [-0.4, -0.2) is 37.5 Å². The molecule has 3 N–H and O–H groups in total. The van der Waals surface area contributed by atoms with E-state index in [9.17, 15) is 9.90 Å². The van der Waals surface area contributed by atoms with E-state index in [0.29, 0.717) is 22.8 Å². The van der Waals surface area contributed by atoms with E-state index >= 15 is 0 Å². The molecule has 3 rings (SSSR count). The Hall–Kier alpha value is -3.15. The van der Waals surface area contributed by atoms with E-state index in [0.717, 1.165) is 11.3 Å². The van der Waals surface area contributed by atoms with E-state index in [1.165, 1.54) is 6.07 Å². The lowest BCUT2D eigenvalue weighted by atomic mass is 10.1. The molecule has 2 aromatic heterocycles. The second kappa shape index (κ2) is 8.25. The molecule has 0 saturated heterocycles. The molecular formula is C19H19ClN6O2. The number of nitriles is 1. The average molecular weight is 399 g/mol. The third kappa shape index (κ3) is 4.22.